The molecule has 0 radical (unpaired) electrons. The number of nitrogens with zero attached hydrogens (tertiary/aromatic N) is 3. The van der Waals surface area contributed by atoms with Crippen LogP contribution in [0.3, 0.4) is 0 Å². The van der Waals surface area contributed by atoms with Crippen molar-refractivity contribution in [3.63, 3.8) is 0 Å². The largest absolute Gasteiger partial charge is 0.357 e. The molecule has 0 aliphatic carbocycles. The lowest BCUT2D eigenvalue weighted by atomic mass is 9.84. The summed E-state index contributed by atoms with van der Waals surface area (Å²) >= 11 is 6.26. The molecule has 7 heteroatoms. The average Bonchev–Trinajstić information content (AvgIpc) is 2.84. The van der Waals surface area contributed by atoms with Crippen LogP contribution in [0.15, 0.2) is 23.2 Å². The molecule has 0 unspecified atom stereocenters. The van der Waals surface area contributed by atoms with E-state index in [1.54, 1.807) is 6.07 Å². The van der Waals surface area contributed by atoms with Crippen LogP contribution in [-0.4, -0.2) is 75.2 Å². The Balaban J connectivity index is 1.91. The normalized spacial score (nSPS) is 17.4. The summed E-state index contributed by atoms with van der Waals surface area (Å²) in [5.41, 5.74) is 0.617. The Kier molecular flexibility index (Phi) is 8.99. The summed E-state index contributed by atoms with van der Waals surface area (Å²) in [6, 6.07) is 4.57. The summed E-state index contributed by atoms with van der Waals surface area (Å²) in [5.74, 6) is 0.489. The molecule has 5 nitrogen and oxygen atoms in total. The SMILES string of the molecule is CCNC(=NCC(C)(C)c1ccc(F)cc1Cl)NCCN1CCCN(C)CC1. The van der Waals surface area contributed by atoms with Gasteiger partial charge in [0.05, 0.1) is 6.54 Å². The summed E-state index contributed by atoms with van der Waals surface area (Å²) in [5, 5.41) is 7.19. The van der Waals surface area contributed by atoms with Gasteiger partial charge in [0.2, 0.25) is 0 Å². The highest BCUT2D eigenvalue weighted by Crippen LogP contribution is 2.30. The van der Waals surface area contributed by atoms with E-state index in [2.05, 4.69) is 48.3 Å². The molecule has 1 heterocycles. The van der Waals surface area contributed by atoms with Crippen molar-refractivity contribution in [3.8, 4) is 0 Å². The van der Waals surface area contributed by atoms with Gasteiger partial charge in [-0.25, -0.2) is 4.39 Å². The maximum Gasteiger partial charge on any atom is 0.191 e. The number of halogens is 2. The average molecular weight is 412 g/mol. The highest BCUT2D eigenvalue weighted by Gasteiger charge is 2.23. The fourth-order valence-electron chi connectivity index (χ4n) is 3.40. The predicted octanol–water partition coefficient (Wildman–Crippen LogP) is 2.95. The zero-order valence-electron chi connectivity index (χ0n) is 17.7. The Hall–Kier alpha value is -1.37. The van der Waals surface area contributed by atoms with Crippen molar-refractivity contribution in [1.82, 2.24) is 20.4 Å². The summed E-state index contributed by atoms with van der Waals surface area (Å²) in [4.78, 5) is 9.65. The lowest BCUT2D eigenvalue weighted by molar-refractivity contribution is 0.280. The zero-order chi connectivity index (χ0) is 20.6. The molecule has 2 rings (SSSR count). The van der Waals surface area contributed by atoms with Gasteiger partial charge in [-0.1, -0.05) is 31.5 Å². The first-order valence-corrected chi connectivity index (χ1v) is 10.6. The highest BCUT2D eigenvalue weighted by atomic mass is 35.5. The number of likely N-dealkylation sites (N-methyl/N-ethyl adjacent to an activating group) is 1. The smallest absolute Gasteiger partial charge is 0.191 e. The Bertz CT molecular complexity index is 650. The molecule has 2 N–H and O–H groups in total. The van der Waals surface area contributed by atoms with Gasteiger partial charge in [-0.2, -0.15) is 0 Å². The second kappa shape index (κ2) is 11.0. The molecule has 1 aromatic rings. The number of guanidine groups is 1. The summed E-state index contributed by atoms with van der Waals surface area (Å²) < 4.78 is 13.4. The number of benzene rings is 1. The monoisotopic (exact) mass is 411 g/mol. The minimum absolute atomic E-state index is 0.289. The zero-order valence-corrected chi connectivity index (χ0v) is 18.4. The molecule has 28 heavy (non-hydrogen) atoms. The third-order valence-corrected chi connectivity index (χ3v) is 5.48. The summed E-state index contributed by atoms with van der Waals surface area (Å²) in [7, 11) is 2.19. The van der Waals surface area contributed by atoms with Crippen LogP contribution in [0.1, 0.15) is 32.8 Å². The van der Waals surface area contributed by atoms with E-state index in [1.165, 1.54) is 25.1 Å². The van der Waals surface area contributed by atoms with Crippen molar-refractivity contribution in [1.29, 1.82) is 0 Å². The fourth-order valence-corrected chi connectivity index (χ4v) is 3.82. The van der Waals surface area contributed by atoms with Crippen LogP contribution in [0.5, 0.6) is 0 Å². The van der Waals surface area contributed by atoms with Gasteiger partial charge in [0.25, 0.3) is 0 Å². The van der Waals surface area contributed by atoms with Crippen LogP contribution in [0.25, 0.3) is 0 Å². The van der Waals surface area contributed by atoms with Crippen LogP contribution in [0, 0.1) is 5.82 Å². The summed E-state index contributed by atoms with van der Waals surface area (Å²) in [6.07, 6.45) is 1.22. The summed E-state index contributed by atoms with van der Waals surface area (Å²) in [6.45, 7) is 14.0. The number of nitrogens with one attached hydrogen (secondary N) is 2. The van der Waals surface area contributed by atoms with E-state index in [4.69, 9.17) is 16.6 Å². The Morgan fingerprint density at radius 2 is 2.00 bits per heavy atom. The van der Waals surface area contributed by atoms with Crippen molar-refractivity contribution >= 4 is 17.6 Å². The standard InChI is InChI=1S/C21H35ClFN5/c1-5-24-20(25-9-12-28-11-6-10-27(4)13-14-28)26-16-21(2,3)18-8-7-17(23)15-19(18)22/h7-8,15H,5-6,9-14,16H2,1-4H3,(H2,24,25,26). The highest BCUT2D eigenvalue weighted by molar-refractivity contribution is 6.31. The third-order valence-electron chi connectivity index (χ3n) is 5.17. The molecule has 1 aliphatic rings. The second-order valence-corrected chi connectivity index (χ2v) is 8.54. The minimum Gasteiger partial charge on any atom is -0.357 e. The van der Waals surface area contributed by atoms with Crippen LogP contribution in [0.4, 0.5) is 4.39 Å². The molecule has 0 saturated carbocycles. The molecule has 0 amide bonds. The van der Waals surface area contributed by atoms with Crippen LogP contribution in [-0.2, 0) is 5.41 Å². The first kappa shape index (κ1) is 22.9. The first-order chi connectivity index (χ1) is 13.3. The lowest BCUT2D eigenvalue weighted by Crippen LogP contribution is -2.43. The lowest BCUT2D eigenvalue weighted by Gasteiger charge is -2.25. The molecule has 1 aliphatic heterocycles. The molecule has 1 aromatic carbocycles. The van der Waals surface area contributed by atoms with Crippen molar-refractivity contribution in [2.45, 2.75) is 32.6 Å². The molecule has 0 atom stereocenters. The minimum atomic E-state index is -0.317. The number of aliphatic imine (C=N–C) groups is 1. The van der Waals surface area contributed by atoms with Crippen LogP contribution in [0.2, 0.25) is 5.02 Å². The molecule has 1 fully saturated rings. The Morgan fingerprint density at radius 3 is 2.71 bits per heavy atom. The van der Waals surface area contributed by atoms with E-state index in [1.807, 2.05) is 0 Å². The van der Waals surface area contributed by atoms with Gasteiger partial charge < -0.3 is 20.4 Å². The van der Waals surface area contributed by atoms with Crippen LogP contribution >= 0.6 is 11.6 Å². The Morgan fingerprint density at radius 1 is 1.21 bits per heavy atom. The van der Waals surface area contributed by atoms with Crippen molar-refractivity contribution in [3.05, 3.63) is 34.6 Å². The van der Waals surface area contributed by atoms with Gasteiger partial charge in [0.1, 0.15) is 5.82 Å². The van der Waals surface area contributed by atoms with Crippen LogP contribution < -0.4 is 10.6 Å². The van der Waals surface area contributed by atoms with Crippen molar-refractivity contribution in [2.75, 3.05) is 59.4 Å². The Labute approximate surface area is 174 Å². The first-order valence-electron chi connectivity index (χ1n) is 10.2. The number of hydrogen-bond donors (Lipinski definition) is 2. The third kappa shape index (κ3) is 7.22. The number of rotatable bonds is 7. The van der Waals surface area contributed by atoms with E-state index in [9.17, 15) is 4.39 Å². The molecule has 158 valence electrons. The van der Waals surface area contributed by atoms with Gasteiger partial charge in [-0.15, -0.1) is 0 Å². The van der Waals surface area contributed by atoms with Crippen molar-refractivity contribution < 1.29 is 4.39 Å². The number of hydrogen-bond acceptors (Lipinski definition) is 3. The van der Waals surface area contributed by atoms with Gasteiger partial charge in [-0.3, -0.25) is 4.99 Å². The molecule has 0 aromatic heterocycles. The second-order valence-electron chi connectivity index (χ2n) is 8.13. The van der Waals surface area contributed by atoms with E-state index < -0.39 is 0 Å². The molecule has 0 spiro atoms. The molecular formula is C21H35ClFN5. The predicted molar refractivity (Wildman–Crippen MR) is 117 cm³/mol. The fraction of sp³-hybridized carbons (Fsp3) is 0.667. The van der Waals surface area contributed by atoms with Gasteiger partial charge in [0.15, 0.2) is 5.96 Å². The van der Waals surface area contributed by atoms with E-state index in [-0.39, 0.29) is 11.2 Å². The van der Waals surface area contributed by atoms with E-state index in [0.29, 0.717) is 11.6 Å². The van der Waals surface area contributed by atoms with Gasteiger partial charge >= 0.3 is 0 Å². The molecule has 1 saturated heterocycles. The molecular weight excluding hydrogens is 377 g/mol. The van der Waals surface area contributed by atoms with E-state index in [0.717, 1.165) is 50.8 Å². The topological polar surface area (TPSA) is 42.9 Å². The maximum absolute atomic E-state index is 13.4. The van der Waals surface area contributed by atoms with Gasteiger partial charge in [0, 0.05) is 43.2 Å². The molecule has 0 bridgehead atoms. The van der Waals surface area contributed by atoms with Crippen molar-refractivity contribution in [2.24, 2.45) is 4.99 Å². The quantitative estimate of drug-likeness (QED) is 0.534. The maximum atomic E-state index is 13.4. The van der Waals surface area contributed by atoms with Gasteiger partial charge in [-0.05, 0) is 51.2 Å². The van der Waals surface area contributed by atoms with E-state index >= 15 is 0 Å².